The van der Waals surface area contributed by atoms with Crippen molar-refractivity contribution in [2.75, 3.05) is 13.1 Å². The predicted octanol–water partition coefficient (Wildman–Crippen LogP) is 3.26. The minimum Gasteiger partial charge on any atom is -0.359 e. The highest BCUT2D eigenvalue weighted by molar-refractivity contribution is 6.30. The lowest BCUT2D eigenvalue weighted by Crippen LogP contribution is -2.54. The highest BCUT2D eigenvalue weighted by Crippen LogP contribution is 2.33. The molecule has 0 saturated carbocycles. The Morgan fingerprint density at radius 2 is 1.80 bits per heavy atom. The largest absolute Gasteiger partial charge is 0.359 e. The number of likely N-dealkylation sites (tertiary alicyclic amines) is 1. The number of alkyl halides is 2. The van der Waals surface area contributed by atoms with Gasteiger partial charge >= 0.3 is 0 Å². The van der Waals surface area contributed by atoms with Gasteiger partial charge in [0.25, 0.3) is 5.92 Å². The van der Waals surface area contributed by atoms with Crippen LogP contribution < -0.4 is 0 Å². The van der Waals surface area contributed by atoms with E-state index in [0.29, 0.717) is 10.7 Å². The normalized spacial score (nSPS) is 18.5. The molecule has 1 nitrogen and oxygen atoms in total. The Morgan fingerprint density at radius 1 is 1.27 bits per heavy atom. The maximum atomic E-state index is 12.6. The third-order valence-electron chi connectivity index (χ3n) is 2.40. The van der Waals surface area contributed by atoms with Gasteiger partial charge in [-0.2, -0.15) is 0 Å². The van der Waals surface area contributed by atoms with Crippen molar-refractivity contribution in [3.8, 4) is 0 Å². The average molecular weight is 230 g/mol. The van der Waals surface area contributed by atoms with E-state index in [0.717, 1.165) is 5.56 Å². The molecule has 0 aliphatic carbocycles. The van der Waals surface area contributed by atoms with E-state index in [1.165, 1.54) is 0 Å². The number of nitrogens with zero attached hydrogens (tertiary/aromatic N) is 1. The van der Waals surface area contributed by atoms with Crippen LogP contribution in [0.25, 0.3) is 5.70 Å². The SMILES string of the molecule is C=C(c1ccc(Cl)cc1)N1CC(F)(F)C1. The standard InChI is InChI=1S/C11H10ClF2N/c1-8(15-6-11(13,14)7-15)9-2-4-10(12)5-3-9/h2-5H,1,6-7H2. The summed E-state index contributed by atoms with van der Waals surface area (Å²) in [5.74, 6) is -2.56. The molecule has 4 heteroatoms. The summed E-state index contributed by atoms with van der Waals surface area (Å²) >= 11 is 5.73. The van der Waals surface area contributed by atoms with Crippen molar-refractivity contribution in [2.24, 2.45) is 0 Å². The number of rotatable bonds is 2. The van der Waals surface area contributed by atoms with Crippen molar-refractivity contribution in [1.29, 1.82) is 0 Å². The van der Waals surface area contributed by atoms with Crippen LogP contribution in [0.4, 0.5) is 8.78 Å². The third kappa shape index (κ3) is 2.12. The zero-order valence-corrected chi connectivity index (χ0v) is 8.77. The monoisotopic (exact) mass is 229 g/mol. The second-order valence-corrected chi connectivity index (χ2v) is 4.10. The Balaban J connectivity index is 2.07. The molecule has 0 bridgehead atoms. The van der Waals surface area contributed by atoms with E-state index >= 15 is 0 Å². The van der Waals surface area contributed by atoms with E-state index in [1.54, 1.807) is 29.2 Å². The first-order valence-corrected chi connectivity index (χ1v) is 4.93. The van der Waals surface area contributed by atoms with Gasteiger partial charge in [0.05, 0.1) is 13.1 Å². The van der Waals surface area contributed by atoms with E-state index in [1.807, 2.05) is 0 Å². The predicted molar refractivity (Wildman–Crippen MR) is 57.0 cm³/mol. The quantitative estimate of drug-likeness (QED) is 0.753. The molecule has 0 amide bonds. The van der Waals surface area contributed by atoms with Gasteiger partial charge < -0.3 is 4.90 Å². The second-order valence-electron chi connectivity index (χ2n) is 3.67. The number of hydrogen-bond acceptors (Lipinski definition) is 1. The smallest absolute Gasteiger partial charge is 0.282 e. The summed E-state index contributed by atoms with van der Waals surface area (Å²) in [4.78, 5) is 1.56. The van der Waals surface area contributed by atoms with Crippen molar-refractivity contribution in [3.05, 3.63) is 41.4 Å². The van der Waals surface area contributed by atoms with Crippen molar-refractivity contribution in [2.45, 2.75) is 5.92 Å². The molecule has 1 aromatic rings. The van der Waals surface area contributed by atoms with Crippen LogP contribution in [-0.2, 0) is 0 Å². The molecular weight excluding hydrogens is 220 g/mol. The zero-order chi connectivity index (χ0) is 11.1. The first-order valence-electron chi connectivity index (χ1n) is 4.56. The van der Waals surface area contributed by atoms with Crippen LogP contribution in [0, 0.1) is 0 Å². The first kappa shape index (κ1) is 10.4. The van der Waals surface area contributed by atoms with E-state index in [-0.39, 0.29) is 13.1 Å². The fourth-order valence-corrected chi connectivity index (χ4v) is 1.65. The summed E-state index contributed by atoms with van der Waals surface area (Å²) < 4.78 is 25.2. The molecule has 1 aromatic carbocycles. The van der Waals surface area contributed by atoms with Crippen LogP contribution in [0.2, 0.25) is 5.02 Å². The summed E-state index contributed by atoms with van der Waals surface area (Å²) in [7, 11) is 0. The third-order valence-corrected chi connectivity index (χ3v) is 2.66. The minimum atomic E-state index is -2.56. The maximum absolute atomic E-state index is 12.6. The number of benzene rings is 1. The van der Waals surface area contributed by atoms with Gasteiger partial charge in [-0.05, 0) is 17.7 Å². The molecule has 0 N–H and O–H groups in total. The summed E-state index contributed by atoms with van der Waals surface area (Å²) in [5, 5.41) is 0.625. The van der Waals surface area contributed by atoms with Gasteiger partial charge in [0.15, 0.2) is 0 Å². The lowest BCUT2D eigenvalue weighted by molar-refractivity contribution is -0.105. The highest BCUT2D eigenvalue weighted by atomic mass is 35.5. The van der Waals surface area contributed by atoms with E-state index in [2.05, 4.69) is 6.58 Å². The van der Waals surface area contributed by atoms with Crippen LogP contribution in [0.5, 0.6) is 0 Å². The van der Waals surface area contributed by atoms with Crippen LogP contribution in [-0.4, -0.2) is 23.9 Å². The molecule has 0 atom stereocenters. The summed E-state index contributed by atoms with van der Waals surface area (Å²) in [6.07, 6.45) is 0. The fourth-order valence-electron chi connectivity index (χ4n) is 1.53. The van der Waals surface area contributed by atoms with Crippen molar-refractivity contribution in [3.63, 3.8) is 0 Å². The Hall–Kier alpha value is -1.09. The Morgan fingerprint density at radius 3 is 2.27 bits per heavy atom. The fraction of sp³-hybridized carbons (Fsp3) is 0.273. The van der Waals surface area contributed by atoms with Gasteiger partial charge in [-0.3, -0.25) is 0 Å². The molecule has 1 aliphatic rings. The molecule has 1 fully saturated rings. The highest BCUT2D eigenvalue weighted by Gasteiger charge is 2.44. The maximum Gasteiger partial charge on any atom is 0.282 e. The minimum absolute atomic E-state index is 0.242. The molecule has 15 heavy (non-hydrogen) atoms. The number of halogens is 3. The van der Waals surface area contributed by atoms with Crippen LogP contribution >= 0.6 is 11.6 Å². The molecule has 0 radical (unpaired) electrons. The topological polar surface area (TPSA) is 3.24 Å². The molecule has 1 aliphatic heterocycles. The van der Waals surface area contributed by atoms with Crippen LogP contribution in [0.15, 0.2) is 30.8 Å². The average Bonchev–Trinajstić information content (AvgIpc) is 2.14. The van der Waals surface area contributed by atoms with Gasteiger partial charge in [-0.25, -0.2) is 8.78 Å². The lowest BCUT2D eigenvalue weighted by Gasteiger charge is -2.41. The van der Waals surface area contributed by atoms with Gasteiger partial charge in [0.1, 0.15) is 0 Å². The second kappa shape index (κ2) is 3.49. The Labute approximate surface area is 92.0 Å². The van der Waals surface area contributed by atoms with Crippen LogP contribution in [0.3, 0.4) is 0 Å². The van der Waals surface area contributed by atoms with Crippen molar-refractivity contribution in [1.82, 2.24) is 4.90 Å². The van der Waals surface area contributed by atoms with Gasteiger partial charge in [0.2, 0.25) is 0 Å². The molecule has 2 rings (SSSR count). The zero-order valence-electron chi connectivity index (χ0n) is 8.01. The molecule has 0 unspecified atom stereocenters. The molecule has 80 valence electrons. The first-order chi connectivity index (χ1) is 6.98. The van der Waals surface area contributed by atoms with E-state index in [4.69, 9.17) is 11.6 Å². The van der Waals surface area contributed by atoms with E-state index < -0.39 is 5.92 Å². The van der Waals surface area contributed by atoms with Crippen molar-refractivity contribution < 1.29 is 8.78 Å². The summed E-state index contributed by atoms with van der Waals surface area (Å²) in [5.41, 5.74) is 1.45. The molecule has 1 heterocycles. The molecule has 0 aromatic heterocycles. The summed E-state index contributed by atoms with van der Waals surface area (Å²) in [6.45, 7) is 3.31. The molecule has 1 saturated heterocycles. The van der Waals surface area contributed by atoms with Gasteiger partial charge in [0, 0.05) is 10.7 Å². The summed E-state index contributed by atoms with van der Waals surface area (Å²) in [6, 6.07) is 7.00. The van der Waals surface area contributed by atoms with Crippen molar-refractivity contribution >= 4 is 17.3 Å². The lowest BCUT2D eigenvalue weighted by atomic mass is 10.1. The Bertz CT molecular complexity index is 378. The van der Waals surface area contributed by atoms with Crippen LogP contribution in [0.1, 0.15) is 5.56 Å². The van der Waals surface area contributed by atoms with Gasteiger partial charge in [-0.15, -0.1) is 0 Å². The van der Waals surface area contributed by atoms with E-state index in [9.17, 15) is 8.78 Å². The number of hydrogen-bond donors (Lipinski definition) is 0. The molecular formula is C11H10ClF2N. The Kier molecular flexibility index (Phi) is 2.43. The van der Waals surface area contributed by atoms with Gasteiger partial charge in [-0.1, -0.05) is 30.3 Å². The molecule has 0 spiro atoms.